The van der Waals surface area contributed by atoms with Gasteiger partial charge in [-0.3, -0.25) is 53.0 Å². The Hall–Kier alpha value is -10.5. The molecule has 11 atom stereocenters. The molecule has 0 saturated carbocycles. The zero-order chi connectivity index (χ0) is 90.3. The lowest BCUT2D eigenvalue weighted by molar-refractivity contribution is -0.172. The molecule has 680 valence electrons. The number of nitrogens with one attached hydrogen (secondary N) is 9. The molecule has 1 saturated heterocycles. The minimum Gasteiger partial charge on any atom is -0.458 e. The van der Waals surface area contributed by atoms with Crippen molar-refractivity contribution in [2.75, 3.05) is 130 Å². The summed E-state index contributed by atoms with van der Waals surface area (Å²) in [5.74, 6) is -12.6. The quantitative estimate of drug-likeness (QED) is 0.0179. The standard InChI is InChI=1S/C81H109F3N14O26/c1-10-80(113)54-36-59-66-52(38-98(59)75(109)53(54)41-122-77(80)110)64-57(15-13-50-43(4)55(82)37-58(92-66)63(50)64)93-71(105)47(8)88-68(102)44(5)87-69(103)45(6)89-73(107)56(85)14-16-62(100)96-65(42(2)3)74(108)90-46(7)70(104)91-49-12-11-48(40-123-79(112)95-61-17-19-97(78(111)94-61)76-81(83,84)67(101)60(39-99)124-76)51(35-49)72(106)86-18-20-115-23-24-117-27-28-119-31-32-121-34-33-120-30-29-118-26-25-116-22-21-114-9/h11-12,17,19,35-37,42,44-47,56-57,60,65,67,76,99,101,113H,10,13-16,18,20-34,38-41,85H2,1-9H3,(H,86,106)(H,87,103)(H,88,102)(H,89,107)(H,90,108)(H,91,104)(H,93,105)(H,96,100)(H,94,95,111,112)/t44-,45-,46-,47-,56-,57-,60+,65-,67+,76+,80-/m0/s1. The van der Waals surface area contributed by atoms with Gasteiger partial charge in [-0.1, -0.05) is 26.8 Å². The zero-order valence-electron chi connectivity index (χ0n) is 70.3. The number of rotatable bonds is 48. The molecule has 1 aliphatic carbocycles. The second-order valence-electron chi connectivity index (χ2n) is 30.2. The fourth-order valence-electron chi connectivity index (χ4n) is 14.0. The molecule has 0 unspecified atom stereocenters. The third kappa shape index (κ3) is 24.7. The fourth-order valence-corrected chi connectivity index (χ4v) is 14.0. The van der Waals surface area contributed by atoms with Crippen molar-refractivity contribution in [2.24, 2.45) is 11.7 Å². The summed E-state index contributed by atoms with van der Waals surface area (Å²) in [4.78, 5) is 171. The van der Waals surface area contributed by atoms with Gasteiger partial charge in [0.2, 0.25) is 47.6 Å². The van der Waals surface area contributed by atoms with Crippen molar-refractivity contribution in [1.29, 1.82) is 0 Å². The topological polar surface area (TPSA) is 537 Å². The van der Waals surface area contributed by atoms with Gasteiger partial charge >= 0.3 is 23.7 Å². The normalized spacial score (nSPS) is 18.7. The van der Waals surface area contributed by atoms with Crippen molar-refractivity contribution < 1.29 is 129 Å². The number of nitrogens with two attached hydrogens (primary N) is 1. The Balaban J connectivity index is 0.711. The monoisotopic (exact) mass is 1750 g/mol. The molecule has 4 aliphatic rings. The average molecular weight is 1750 g/mol. The van der Waals surface area contributed by atoms with E-state index < -0.39 is 180 Å². The summed E-state index contributed by atoms with van der Waals surface area (Å²) in [5, 5.41) is 54.5. The number of benzene rings is 2. The number of aliphatic hydroxyl groups excluding tert-OH is 2. The highest BCUT2D eigenvalue weighted by molar-refractivity contribution is 6.02. The van der Waals surface area contributed by atoms with Crippen LogP contribution in [0, 0.1) is 18.7 Å². The van der Waals surface area contributed by atoms with Gasteiger partial charge in [-0.2, -0.15) is 13.8 Å². The number of hydrogen-bond acceptors (Lipinski definition) is 29. The lowest BCUT2D eigenvalue weighted by Gasteiger charge is -2.31. The first-order valence-electron chi connectivity index (χ1n) is 40.6. The third-order valence-electron chi connectivity index (χ3n) is 21.0. The molecule has 6 heterocycles. The molecular weight excluding hydrogens is 1640 g/mol. The Kier molecular flexibility index (Phi) is 35.6. The molecule has 2 aromatic carbocycles. The van der Waals surface area contributed by atoms with Crippen molar-refractivity contribution in [3.05, 3.63) is 114 Å². The minimum absolute atomic E-state index is 0.00850. The predicted octanol–water partition coefficient (Wildman–Crippen LogP) is 0.220. The summed E-state index contributed by atoms with van der Waals surface area (Å²) >= 11 is 0. The summed E-state index contributed by atoms with van der Waals surface area (Å²) < 4.78 is 106. The van der Waals surface area contributed by atoms with Crippen molar-refractivity contribution in [1.82, 2.24) is 56.3 Å². The summed E-state index contributed by atoms with van der Waals surface area (Å²) in [5.41, 5.74) is 5.39. The van der Waals surface area contributed by atoms with Crippen LogP contribution in [0.2, 0.25) is 0 Å². The zero-order valence-corrected chi connectivity index (χ0v) is 70.3. The van der Waals surface area contributed by atoms with E-state index in [9.17, 15) is 81.6 Å². The number of cyclic esters (lactones) is 1. The summed E-state index contributed by atoms with van der Waals surface area (Å²) in [6.07, 6.45) is -7.07. The molecule has 3 aromatic heterocycles. The van der Waals surface area contributed by atoms with Gasteiger partial charge in [0, 0.05) is 65.7 Å². The highest BCUT2D eigenvalue weighted by Crippen LogP contribution is 2.47. The first kappa shape index (κ1) is 97.3. The molecule has 3 aliphatic heterocycles. The Bertz CT molecular complexity index is 4790. The number of halogens is 3. The molecule has 5 aromatic rings. The smallest absolute Gasteiger partial charge is 0.413 e. The number of anilines is 2. The van der Waals surface area contributed by atoms with Gasteiger partial charge in [-0.25, -0.2) is 23.8 Å². The van der Waals surface area contributed by atoms with Gasteiger partial charge in [-0.15, -0.1) is 0 Å². The van der Waals surface area contributed by atoms with Crippen LogP contribution in [0.15, 0.2) is 52.2 Å². The van der Waals surface area contributed by atoms with Crippen LogP contribution >= 0.6 is 0 Å². The van der Waals surface area contributed by atoms with E-state index >= 15 is 4.39 Å². The van der Waals surface area contributed by atoms with Gasteiger partial charge in [0.25, 0.3) is 11.5 Å². The second kappa shape index (κ2) is 45.4. The van der Waals surface area contributed by atoms with Crippen LogP contribution < -0.4 is 64.8 Å². The number of hydrogen-bond donors (Lipinski definition) is 13. The number of esters is 1. The van der Waals surface area contributed by atoms with Crippen LogP contribution in [0.5, 0.6) is 0 Å². The maximum absolute atomic E-state index is 15.6. The summed E-state index contributed by atoms with van der Waals surface area (Å²) in [6, 6.07) is -0.690. The van der Waals surface area contributed by atoms with Crippen LogP contribution in [-0.4, -0.2) is 267 Å². The van der Waals surface area contributed by atoms with E-state index in [1.54, 1.807) is 34.8 Å². The van der Waals surface area contributed by atoms with Gasteiger partial charge in [0.15, 0.2) is 11.7 Å². The number of ether oxygens (including phenoxy) is 11. The third-order valence-corrected chi connectivity index (χ3v) is 21.0. The highest BCUT2D eigenvalue weighted by Gasteiger charge is 2.59. The lowest BCUT2D eigenvalue weighted by atomic mass is 9.81. The van der Waals surface area contributed by atoms with Crippen LogP contribution in [-0.2, 0) is 122 Å². The van der Waals surface area contributed by atoms with Gasteiger partial charge < -0.3 is 120 Å². The number of pyridine rings is 2. The van der Waals surface area contributed by atoms with E-state index in [2.05, 4.69) is 52.8 Å². The largest absolute Gasteiger partial charge is 0.458 e. The van der Waals surface area contributed by atoms with Crippen LogP contribution in [0.3, 0.4) is 0 Å². The summed E-state index contributed by atoms with van der Waals surface area (Å²) in [7, 11) is 1.60. The predicted molar refractivity (Wildman–Crippen MR) is 432 cm³/mol. The molecule has 0 radical (unpaired) electrons. The number of nitrogens with zero attached hydrogens (tertiary/aromatic N) is 4. The van der Waals surface area contributed by atoms with Gasteiger partial charge in [-0.05, 0) is 107 Å². The first-order valence-corrected chi connectivity index (χ1v) is 40.6. The van der Waals surface area contributed by atoms with Crippen molar-refractivity contribution in [3.8, 4) is 11.4 Å². The molecule has 9 rings (SSSR count). The Morgan fingerprint density at radius 1 is 0.694 bits per heavy atom. The van der Waals surface area contributed by atoms with Crippen LogP contribution in [0.4, 0.5) is 29.5 Å². The molecule has 14 N–H and O–H groups in total. The summed E-state index contributed by atoms with van der Waals surface area (Å²) in [6.45, 7) is 15.0. The Morgan fingerprint density at radius 2 is 1.27 bits per heavy atom. The minimum atomic E-state index is -4.01. The van der Waals surface area contributed by atoms with E-state index in [0.717, 1.165) is 12.3 Å². The van der Waals surface area contributed by atoms with Crippen molar-refractivity contribution >= 4 is 81.7 Å². The van der Waals surface area contributed by atoms with Crippen molar-refractivity contribution in [2.45, 2.75) is 180 Å². The van der Waals surface area contributed by atoms with E-state index in [1.807, 2.05) is 0 Å². The maximum atomic E-state index is 15.6. The van der Waals surface area contributed by atoms with Crippen LogP contribution in [0.25, 0.3) is 22.3 Å². The number of carbonyl (C=O) groups excluding carboxylic acids is 10. The molecule has 124 heavy (non-hydrogen) atoms. The fraction of sp³-hybridized carbons (Fsp3) is 0.580. The van der Waals surface area contributed by atoms with E-state index in [-0.39, 0.29) is 111 Å². The number of aromatic nitrogens is 4. The highest BCUT2D eigenvalue weighted by atomic mass is 19.3. The number of amides is 9. The molecular formula is C81H109F3N14O26. The first-order chi connectivity index (χ1) is 59.1. The van der Waals surface area contributed by atoms with E-state index in [0.29, 0.717) is 110 Å². The van der Waals surface area contributed by atoms with Crippen LogP contribution in [0.1, 0.15) is 136 Å². The molecule has 9 amide bonds. The van der Waals surface area contributed by atoms with Gasteiger partial charge in [0.1, 0.15) is 61.2 Å². The maximum Gasteiger partial charge on any atom is 0.413 e. The number of carbonyl (C=O) groups is 10. The second-order valence-corrected chi connectivity index (χ2v) is 30.2. The number of aliphatic hydroxyl groups is 3. The lowest BCUT2D eigenvalue weighted by Crippen LogP contribution is -2.56. The number of aryl methyl sites for hydroxylation is 1. The molecule has 43 heteroatoms. The van der Waals surface area contributed by atoms with Gasteiger partial charge in [0.05, 0.1) is 147 Å². The Labute approximate surface area is 710 Å². The molecule has 0 bridgehead atoms. The molecule has 1 fully saturated rings. The molecule has 0 spiro atoms. The van der Waals surface area contributed by atoms with E-state index in [1.165, 1.54) is 62.6 Å². The average Bonchev–Trinajstić information content (AvgIpc) is 1.53. The number of alkyl halides is 2. The SMILES string of the molecule is CC[C@@]1(O)C(=O)OCc2c1cc1n(c2=O)Cc2c-1nc1cc(F)c(C)c3c1c2[C@@H](NC(=O)[C@H](C)NC(=O)[C@H](C)NC(=O)[C@H](C)NC(=O)[C@@H](N)CCC(=O)N[C@H](C(=O)N[C@@H](C)C(=O)Nc1ccc(COC(=O)Nc2ccn([C@@H]4O[C@H](CO)[C@@H](O)C4(F)F)c(=O)n2)c(C(=O)NCCOCCOCCOCCOCCOCCOCCOCCOC)c1)C(C)C)CC3. The Morgan fingerprint density at radius 3 is 1.84 bits per heavy atom. The van der Waals surface area contributed by atoms with E-state index in [4.69, 9.17) is 62.8 Å². The van der Waals surface area contributed by atoms with Crippen molar-refractivity contribution in [3.63, 3.8) is 0 Å². The molecule has 40 nitrogen and oxygen atoms in total. The number of methoxy groups -OCH3 is 1. The number of fused-ring (bicyclic) bond motifs is 5.